The van der Waals surface area contributed by atoms with Crippen molar-refractivity contribution in [2.45, 2.75) is 33.1 Å². The lowest BCUT2D eigenvalue weighted by molar-refractivity contribution is -0.158. The molecule has 0 amide bonds. The van der Waals surface area contributed by atoms with Crippen LogP contribution >= 0.6 is 0 Å². The van der Waals surface area contributed by atoms with Gasteiger partial charge in [0, 0.05) is 6.54 Å². The lowest BCUT2D eigenvalue weighted by Gasteiger charge is -2.13. The number of nitrogens with two attached hydrogens (primary N) is 1. The van der Waals surface area contributed by atoms with Gasteiger partial charge in [0.1, 0.15) is 0 Å². The zero-order valence-corrected chi connectivity index (χ0v) is 6.97. The molecular weight excluding hydrogens is 128 g/mol. The van der Waals surface area contributed by atoms with E-state index in [1.807, 2.05) is 6.92 Å². The van der Waals surface area contributed by atoms with Crippen LogP contribution in [0.1, 0.15) is 33.1 Å². The number of hydrazine groups is 1. The Balaban J connectivity index is 2.97. The lowest BCUT2D eigenvalue weighted by Crippen LogP contribution is -2.32. The predicted octanol–water partition coefficient (Wildman–Crippen LogP) is 1.30. The first-order valence-corrected chi connectivity index (χ1v) is 3.96. The molecule has 2 N–H and O–H groups in total. The molecule has 0 spiro atoms. The highest BCUT2D eigenvalue weighted by molar-refractivity contribution is 4.38. The van der Waals surface area contributed by atoms with E-state index in [1.54, 1.807) is 0 Å². The van der Waals surface area contributed by atoms with Gasteiger partial charge in [-0.2, -0.15) is 0 Å². The van der Waals surface area contributed by atoms with Gasteiger partial charge in [-0.25, -0.2) is 5.84 Å². The van der Waals surface area contributed by atoms with Crippen molar-refractivity contribution >= 4 is 0 Å². The summed E-state index contributed by atoms with van der Waals surface area (Å²) in [5.74, 6) is 5.44. The van der Waals surface area contributed by atoms with Gasteiger partial charge in [0.15, 0.2) is 0 Å². The molecule has 10 heavy (non-hydrogen) atoms. The zero-order chi connectivity index (χ0) is 7.82. The van der Waals surface area contributed by atoms with Gasteiger partial charge in [-0.05, 0) is 13.3 Å². The minimum atomic E-state index is 0.655. The van der Waals surface area contributed by atoms with Gasteiger partial charge in [0.2, 0.25) is 0 Å². The topological polar surface area (TPSA) is 38.5 Å². The van der Waals surface area contributed by atoms with E-state index in [-0.39, 0.29) is 0 Å². The van der Waals surface area contributed by atoms with Gasteiger partial charge in [0.25, 0.3) is 0 Å². The number of hydrogen-bond acceptors (Lipinski definition) is 3. The van der Waals surface area contributed by atoms with Crippen LogP contribution in [0.4, 0.5) is 0 Å². The van der Waals surface area contributed by atoms with Crippen molar-refractivity contribution in [1.29, 1.82) is 0 Å². The molecule has 0 unspecified atom stereocenters. The van der Waals surface area contributed by atoms with E-state index in [9.17, 15) is 0 Å². The predicted molar refractivity (Wildman–Crippen MR) is 42.0 cm³/mol. The molecule has 0 aliphatic rings. The monoisotopic (exact) mass is 146 g/mol. The molecule has 0 rings (SSSR count). The Hall–Kier alpha value is -0.120. The Morgan fingerprint density at radius 2 is 2.00 bits per heavy atom. The Bertz CT molecular complexity index is 68.6. The smallest absolute Gasteiger partial charge is 0.0673 e. The third-order valence-electron chi connectivity index (χ3n) is 1.28. The molecule has 0 aromatic carbocycles. The summed E-state index contributed by atoms with van der Waals surface area (Å²) in [4.78, 5) is 5.00. The van der Waals surface area contributed by atoms with E-state index < -0.39 is 0 Å². The number of nitrogens with zero attached hydrogens (tertiary/aromatic N) is 1. The van der Waals surface area contributed by atoms with Crippen molar-refractivity contribution in [2.24, 2.45) is 5.84 Å². The average Bonchev–Trinajstić information content (AvgIpc) is 1.89. The summed E-state index contributed by atoms with van der Waals surface area (Å²) in [7, 11) is 0. The lowest BCUT2D eigenvalue weighted by atomic mass is 10.2. The summed E-state index contributed by atoms with van der Waals surface area (Å²) in [6.07, 6.45) is 3.56. The van der Waals surface area contributed by atoms with Crippen LogP contribution in [0.3, 0.4) is 0 Å². The highest BCUT2D eigenvalue weighted by Crippen LogP contribution is 1.94. The van der Waals surface area contributed by atoms with Gasteiger partial charge < -0.3 is 0 Å². The fourth-order valence-corrected chi connectivity index (χ4v) is 0.748. The first kappa shape index (κ1) is 9.88. The van der Waals surface area contributed by atoms with E-state index in [4.69, 9.17) is 10.7 Å². The standard InChI is InChI=1S/C7H18N2O/c1-3-5-6-7-9(8)10-4-2/h3-8H2,1-2H3. The first-order chi connectivity index (χ1) is 4.81. The van der Waals surface area contributed by atoms with E-state index in [1.165, 1.54) is 18.0 Å². The maximum atomic E-state index is 5.44. The van der Waals surface area contributed by atoms with E-state index >= 15 is 0 Å². The Kier molecular flexibility index (Phi) is 6.91. The summed E-state index contributed by atoms with van der Waals surface area (Å²) in [6, 6.07) is 0. The van der Waals surface area contributed by atoms with Crippen LogP contribution in [0, 0.1) is 0 Å². The minimum Gasteiger partial charge on any atom is -0.285 e. The molecule has 0 fully saturated rings. The van der Waals surface area contributed by atoms with Crippen LogP contribution < -0.4 is 5.84 Å². The Morgan fingerprint density at radius 1 is 1.30 bits per heavy atom. The van der Waals surface area contributed by atoms with Crippen LogP contribution in [-0.2, 0) is 4.84 Å². The molecule has 0 saturated carbocycles. The van der Waals surface area contributed by atoms with Gasteiger partial charge in [-0.3, -0.25) is 4.84 Å². The molecule has 0 heterocycles. The van der Waals surface area contributed by atoms with Gasteiger partial charge >= 0.3 is 0 Å². The normalized spacial score (nSPS) is 10.8. The maximum absolute atomic E-state index is 5.44. The van der Waals surface area contributed by atoms with Crippen molar-refractivity contribution in [3.63, 3.8) is 0 Å². The first-order valence-electron chi connectivity index (χ1n) is 3.96. The second kappa shape index (κ2) is 6.99. The van der Waals surface area contributed by atoms with Crippen molar-refractivity contribution in [3.05, 3.63) is 0 Å². The second-order valence-electron chi connectivity index (χ2n) is 2.27. The van der Waals surface area contributed by atoms with E-state index in [0.29, 0.717) is 6.61 Å². The third kappa shape index (κ3) is 6.01. The van der Waals surface area contributed by atoms with Crippen molar-refractivity contribution < 1.29 is 4.84 Å². The molecule has 0 aromatic heterocycles. The maximum Gasteiger partial charge on any atom is 0.0673 e. The van der Waals surface area contributed by atoms with Crippen LogP contribution in [0.15, 0.2) is 0 Å². The SMILES string of the molecule is CCCCCN(N)OCC. The Morgan fingerprint density at radius 3 is 2.50 bits per heavy atom. The molecule has 0 aliphatic heterocycles. The zero-order valence-electron chi connectivity index (χ0n) is 6.97. The summed E-state index contributed by atoms with van der Waals surface area (Å²) in [5, 5.41) is 1.41. The van der Waals surface area contributed by atoms with Crippen molar-refractivity contribution in [3.8, 4) is 0 Å². The van der Waals surface area contributed by atoms with E-state index in [2.05, 4.69) is 6.92 Å². The highest BCUT2D eigenvalue weighted by atomic mass is 16.7. The third-order valence-corrected chi connectivity index (χ3v) is 1.28. The van der Waals surface area contributed by atoms with Crippen LogP contribution in [-0.4, -0.2) is 18.3 Å². The minimum absolute atomic E-state index is 0.655. The van der Waals surface area contributed by atoms with E-state index in [0.717, 1.165) is 13.0 Å². The van der Waals surface area contributed by atoms with Crippen LogP contribution in [0.2, 0.25) is 0 Å². The molecule has 0 bridgehead atoms. The summed E-state index contributed by atoms with van der Waals surface area (Å²) >= 11 is 0. The van der Waals surface area contributed by atoms with Crippen LogP contribution in [0.25, 0.3) is 0 Å². The van der Waals surface area contributed by atoms with Crippen molar-refractivity contribution in [2.75, 3.05) is 13.2 Å². The molecular formula is C7H18N2O. The molecule has 3 heteroatoms. The fraction of sp³-hybridized carbons (Fsp3) is 1.00. The summed E-state index contributed by atoms with van der Waals surface area (Å²) in [5.41, 5.74) is 0. The quantitative estimate of drug-likeness (QED) is 0.349. The molecule has 0 atom stereocenters. The summed E-state index contributed by atoms with van der Waals surface area (Å²) < 4.78 is 0. The number of hydroxylamine groups is 1. The van der Waals surface area contributed by atoms with Gasteiger partial charge in [-0.1, -0.05) is 19.8 Å². The molecule has 0 radical (unpaired) electrons. The average molecular weight is 146 g/mol. The number of unbranched alkanes of at least 4 members (excludes halogenated alkanes) is 2. The van der Waals surface area contributed by atoms with Gasteiger partial charge in [0.05, 0.1) is 6.61 Å². The number of hydrogen-bond donors (Lipinski definition) is 1. The molecule has 3 nitrogen and oxygen atoms in total. The largest absolute Gasteiger partial charge is 0.285 e. The Labute approximate surface area is 63.1 Å². The van der Waals surface area contributed by atoms with Crippen molar-refractivity contribution in [1.82, 2.24) is 5.17 Å². The molecule has 0 saturated heterocycles. The van der Waals surface area contributed by atoms with Crippen LogP contribution in [0.5, 0.6) is 0 Å². The molecule has 62 valence electrons. The fourth-order valence-electron chi connectivity index (χ4n) is 0.748. The molecule has 0 aliphatic carbocycles. The second-order valence-corrected chi connectivity index (χ2v) is 2.27. The highest BCUT2D eigenvalue weighted by Gasteiger charge is 1.94. The number of rotatable bonds is 6. The summed E-state index contributed by atoms with van der Waals surface area (Å²) in [6.45, 7) is 5.59. The van der Waals surface area contributed by atoms with Gasteiger partial charge in [-0.15, -0.1) is 5.17 Å². The molecule has 0 aromatic rings.